The van der Waals surface area contributed by atoms with Crippen LogP contribution in [0.2, 0.25) is 5.02 Å². The molecule has 4 aromatic rings. The summed E-state index contributed by atoms with van der Waals surface area (Å²) in [7, 11) is 0. The third-order valence-electron chi connectivity index (χ3n) is 5.37. The van der Waals surface area contributed by atoms with Gasteiger partial charge in [0.05, 0.1) is 11.4 Å². The largest absolute Gasteiger partial charge is 0.438 e. The van der Waals surface area contributed by atoms with Crippen LogP contribution in [0.25, 0.3) is 11.7 Å². The standard InChI is InChI=1S/C26H18ClN3O3S2/c1-16-7-6-9-18(13-16)33-23-19(24(31)29-12-5-4-11-22(29)28-23)14-21-25(32)30(26(34)35-21)15-17-8-2-3-10-20(17)27/h2-14H,15H2,1H3/b21-14+. The van der Waals surface area contributed by atoms with Crippen LogP contribution < -0.4 is 10.3 Å². The summed E-state index contributed by atoms with van der Waals surface area (Å²) in [4.78, 5) is 33.0. The second kappa shape index (κ2) is 9.65. The zero-order chi connectivity index (χ0) is 24.5. The predicted molar refractivity (Wildman–Crippen MR) is 143 cm³/mol. The van der Waals surface area contributed by atoms with E-state index < -0.39 is 0 Å². The van der Waals surface area contributed by atoms with E-state index in [9.17, 15) is 9.59 Å². The van der Waals surface area contributed by atoms with Crippen LogP contribution >= 0.6 is 35.6 Å². The lowest BCUT2D eigenvalue weighted by molar-refractivity contribution is -0.122. The number of thioether (sulfide) groups is 1. The van der Waals surface area contributed by atoms with Crippen molar-refractivity contribution in [1.82, 2.24) is 14.3 Å². The number of aryl methyl sites for hydroxylation is 1. The van der Waals surface area contributed by atoms with Crippen molar-refractivity contribution in [3.8, 4) is 11.6 Å². The average molecular weight is 520 g/mol. The van der Waals surface area contributed by atoms with E-state index in [0.29, 0.717) is 25.6 Å². The Morgan fingerprint density at radius 1 is 1.09 bits per heavy atom. The fourth-order valence-electron chi connectivity index (χ4n) is 3.64. The Kier molecular flexibility index (Phi) is 6.42. The van der Waals surface area contributed by atoms with Crippen molar-refractivity contribution in [1.29, 1.82) is 0 Å². The molecule has 0 radical (unpaired) electrons. The first kappa shape index (κ1) is 23.3. The summed E-state index contributed by atoms with van der Waals surface area (Å²) in [5.74, 6) is 0.347. The number of carbonyl (C=O) groups is 1. The van der Waals surface area contributed by atoms with Crippen molar-refractivity contribution < 1.29 is 9.53 Å². The maximum Gasteiger partial charge on any atom is 0.269 e. The van der Waals surface area contributed by atoms with Gasteiger partial charge in [-0.25, -0.2) is 0 Å². The summed E-state index contributed by atoms with van der Waals surface area (Å²) in [6.45, 7) is 2.18. The Morgan fingerprint density at radius 2 is 1.89 bits per heavy atom. The molecule has 9 heteroatoms. The van der Waals surface area contributed by atoms with Crippen molar-refractivity contribution in [3.05, 3.63) is 110 Å². The third kappa shape index (κ3) is 4.73. The van der Waals surface area contributed by atoms with E-state index in [4.69, 9.17) is 28.6 Å². The first-order chi connectivity index (χ1) is 16.9. The van der Waals surface area contributed by atoms with Gasteiger partial charge in [-0.05, 0) is 54.5 Å². The van der Waals surface area contributed by atoms with Crippen molar-refractivity contribution in [3.63, 3.8) is 0 Å². The van der Waals surface area contributed by atoms with E-state index in [0.717, 1.165) is 22.9 Å². The lowest BCUT2D eigenvalue weighted by Crippen LogP contribution is -2.27. The van der Waals surface area contributed by atoms with Crippen LogP contribution in [-0.2, 0) is 11.3 Å². The Balaban J connectivity index is 1.57. The lowest BCUT2D eigenvalue weighted by atomic mass is 10.2. The Hall–Kier alpha value is -3.46. The number of benzene rings is 2. The summed E-state index contributed by atoms with van der Waals surface area (Å²) in [6.07, 6.45) is 3.13. The van der Waals surface area contributed by atoms with Gasteiger partial charge >= 0.3 is 0 Å². The number of thiocarbonyl (C=S) groups is 1. The number of fused-ring (bicyclic) bond motifs is 1. The number of ether oxygens (including phenoxy) is 1. The number of halogens is 1. The van der Waals surface area contributed by atoms with Crippen molar-refractivity contribution >= 4 is 57.5 Å². The molecule has 0 aliphatic carbocycles. The minimum absolute atomic E-state index is 0.114. The second-order valence-electron chi connectivity index (χ2n) is 7.84. The van der Waals surface area contributed by atoms with E-state index in [1.807, 2.05) is 43.3 Å². The van der Waals surface area contributed by atoms with Gasteiger partial charge in [0.25, 0.3) is 11.5 Å². The summed E-state index contributed by atoms with van der Waals surface area (Å²) < 4.78 is 7.84. The van der Waals surface area contributed by atoms with Gasteiger partial charge in [0.15, 0.2) is 0 Å². The van der Waals surface area contributed by atoms with Crippen LogP contribution in [0.1, 0.15) is 16.7 Å². The number of pyridine rings is 1. The molecule has 0 N–H and O–H groups in total. The van der Waals surface area contributed by atoms with Gasteiger partial charge in [0, 0.05) is 11.2 Å². The quantitative estimate of drug-likeness (QED) is 0.243. The number of carbonyl (C=O) groups excluding carboxylic acids is 1. The monoisotopic (exact) mass is 519 g/mol. The highest BCUT2D eigenvalue weighted by molar-refractivity contribution is 8.26. The molecular weight excluding hydrogens is 502 g/mol. The molecule has 3 heterocycles. The highest BCUT2D eigenvalue weighted by Gasteiger charge is 2.33. The first-order valence-electron chi connectivity index (χ1n) is 10.7. The molecule has 1 saturated heterocycles. The molecular formula is C26H18ClN3O3S2. The Bertz CT molecular complexity index is 1580. The van der Waals surface area contributed by atoms with E-state index in [1.165, 1.54) is 15.4 Å². The number of nitrogens with zero attached hydrogens (tertiary/aromatic N) is 3. The number of hydrogen-bond acceptors (Lipinski definition) is 6. The van der Waals surface area contributed by atoms with Gasteiger partial charge in [-0.1, -0.05) is 72.0 Å². The maximum atomic E-state index is 13.4. The molecule has 174 valence electrons. The van der Waals surface area contributed by atoms with Gasteiger partial charge in [-0.3, -0.25) is 18.9 Å². The number of hydrogen-bond donors (Lipinski definition) is 0. The molecule has 2 aromatic heterocycles. The maximum absolute atomic E-state index is 13.4. The highest BCUT2D eigenvalue weighted by atomic mass is 35.5. The van der Waals surface area contributed by atoms with Crippen molar-refractivity contribution in [2.75, 3.05) is 0 Å². The molecule has 0 spiro atoms. The van der Waals surface area contributed by atoms with Crippen LogP contribution in [0.3, 0.4) is 0 Å². The molecule has 0 saturated carbocycles. The summed E-state index contributed by atoms with van der Waals surface area (Å²) >= 11 is 12.9. The smallest absolute Gasteiger partial charge is 0.269 e. The molecule has 1 aliphatic heterocycles. The van der Waals surface area contributed by atoms with Crippen LogP contribution in [0.5, 0.6) is 11.6 Å². The predicted octanol–water partition coefficient (Wildman–Crippen LogP) is 5.85. The topological polar surface area (TPSA) is 63.9 Å². The normalized spacial score (nSPS) is 14.8. The highest BCUT2D eigenvalue weighted by Crippen LogP contribution is 2.35. The Labute approximate surface area is 215 Å². The second-order valence-corrected chi connectivity index (χ2v) is 9.93. The minimum Gasteiger partial charge on any atom is -0.438 e. The van der Waals surface area contributed by atoms with Crippen LogP contribution in [-0.4, -0.2) is 24.5 Å². The summed E-state index contributed by atoms with van der Waals surface area (Å²) in [6, 6.07) is 20.0. The van der Waals surface area contributed by atoms with Gasteiger partial charge in [-0.2, -0.15) is 4.98 Å². The molecule has 1 fully saturated rings. The molecule has 2 aromatic carbocycles. The molecule has 1 amide bonds. The Morgan fingerprint density at radius 3 is 2.69 bits per heavy atom. The molecule has 0 atom stereocenters. The van der Waals surface area contributed by atoms with E-state index in [-0.39, 0.29) is 29.5 Å². The molecule has 35 heavy (non-hydrogen) atoms. The van der Waals surface area contributed by atoms with Crippen LogP contribution in [0.4, 0.5) is 0 Å². The summed E-state index contributed by atoms with van der Waals surface area (Å²) in [5.41, 5.74) is 2.02. The number of rotatable bonds is 5. The lowest BCUT2D eigenvalue weighted by Gasteiger charge is -2.15. The molecule has 5 rings (SSSR count). The van der Waals surface area contributed by atoms with Crippen LogP contribution in [0, 0.1) is 6.92 Å². The van der Waals surface area contributed by atoms with Crippen molar-refractivity contribution in [2.45, 2.75) is 13.5 Å². The van der Waals surface area contributed by atoms with Gasteiger partial charge in [-0.15, -0.1) is 0 Å². The number of aromatic nitrogens is 2. The number of amides is 1. The zero-order valence-corrected chi connectivity index (χ0v) is 20.9. The third-order valence-corrected chi connectivity index (χ3v) is 7.12. The van der Waals surface area contributed by atoms with Crippen molar-refractivity contribution in [2.24, 2.45) is 0 Å². The van der Waals surface area contributed by atoms with E-state index >= 15 is 0 Å². The fourth-order valence-corrected chi connectivity index (χ4v) is 5.07. The van der Waals surface area contributed by atoms with Gasteiger partial charge < -0.3 is 4.74 Å². The van der Waals surface area contributed by atoms with Gasteiger partial charge in [0.2, 0.25) is 5.88 Å². The minimum atomic E-state index is -0.352. The molecule has 0 bridgehead atoms. The fraction of sp³-hybridized carbons (Fsp3) is 0.0769. The summed E-state index contributed by atoms with van der Waals surface area (Å²) in [5, 5.41) is 0.552. The van der Waals surface area contributed by atoms with E-state index in [1.54, 1.807) is 36.5 Å². The SMILES string of the molecule is Cc1cccc(Oc2nc3ccccn3c(=O)c2/C=C2/SC(=S)N(Cc3ccccc3Cl)C2=O)c1. The van der Waals surface area contributed by atoms with E-state index in [2.05, 4.69) is 4.98 Å². The first-order valence-corrected chi connectivity index (χ1v) is 12.3. The molecule has 0 unspecified atom stereocenters. The molecule has 6 nitrogen and oxygen atoms in total. The van der Waals surface area contributed by atoms with Gasteiger partial charge in [0.1, 0.15) is 21.3 Å². The zero-order valence-electron chi connectivity index (χ0n) is 18.5. The average Bonchev–Trinajstić information content (AvgIpc) is 3.10. The molecule has 1 aliphatic rings. The van der Waals surface area contributed by atoms with Crippen LogP contribution in [0.15, 0.2) is 82.6 Å².